The van der Waals surface area contributed by atoms with Crippen LogP contribution in [0.3, 0.4) is 0 Å². The molecule has 1 aliphatic heterocycles. The number of benzene rings is 1. The van der Waals surface area contributed by atoms with Crippen molar-refractivity contribution >= 4 is 16.9 Å². The molecule has 2 unspecified atom stereocenters. The van der Waals surface area contributed by atoms with Gasteiger partial charge in [0.05, 0.1) is 17.4 Å². The van der Waals surface area contributed by atoms with Crippen molar-refractivity contribution in [2.24, 2.45) is 11.8 Å². The summed E-state index contributed by atoms with van der Waals surface area (Å²) in [5.41, 5.74) is 2.57. The fourth-order valence-corrected chi connectivity index (χ4v) is 2.70. The molecule has 0 spiro atoms. The molecule has 1 aromatic heterocycles. The second kappa shape index (κ2) is 4.68. The van der Waals surface area contributed by atoms with Crippen molar-refractivity contribution < 1.29 is 4.79 Å². The summed E-state index contributed by atoms with van der Waals surface area (Å²) >= 11 is 0. The van der Waals surface area contributed by atoms with Gasteiger partial charge in [-0.3, -0.25) is 4.79 Å². The van der Waals surface area contributed by atoms with Gasteiger partial charge >= 0.3 is 0 Å². The third-order valence-corrected chi connectivity index (χ3v) is 4.29. The minimum absolute atomic E-state index is 0.134. The van der Waals surface area contributed by atoms with Crippen molar-refractivity contribution in [1.29, 1.82) is 0 Å². The van der Waals surface area contributed by atoms with Crippen LogP contribution in [-0.4, -0.2) is 33.9 Å². The van der Waals surface area contributed by atoms with Crippen molar-refractivity contribution in [3.05, 3.63) is 30.1 Å². The maximum atomic E-state index is 12.5. The molecule has 1 aliphatic rings. The molecule has 3 rings (SSSR count). The Hall–Kier alpha value is -1.84. The number of hydrogen-bond donors (Lipinski definition) is 1. The number of hydrogen-bond acceptors (Lipinski definition) is 2. The van der Waals surface area contributed by atoms with Gasteiger partial charge in [-0.2, -0.15) is 0 Å². The van der Waals surface area contributed by atoms with Crippen molar-refractivity contribution in [3.8, 4) is 0 Å². The predicted octanol–water partition coefficient (Wildman–Crippen LogP) is 2.68. The zero-order valence-electron chi connectivity index (χ0n) is 11.4. The van der Waals surface area contributed by atoms with Crippen molar-refractivity contribution in [2.45, 2.75) is 20.3 Å². The average Bonchev–Trinajstić information content (AvgIpc) is 2.88. The number of nitrogens with zero attached hydrogens (tertiary/aromatic N) is 2. The molecule has 1 fully saturated rings. The van der Waals surface area contributed by atoms with E-state index in [2.05, 4.69) is 23.8 Å². The second-order valence-electron chi connectivity index (χ2n) is 5.63. The van der Waals surface area contributed by atoms with E-state index in [0.29, 0.717) is 11.8 Å². The number of imidazole rings is 1. The lowest BCUT2D eigenvalue weighted by molar-refractivity contribution is 0.0627. The Balaban J connectivity index is 1.83. The first-order chi connectivity index (χ1) is 9.15. The van der Waals surface area contributed by atoms with Gasteiger partial charge in [-0.25, -0.2) is 4.98 Å². The number of H-pyrrole nitrogens is 1. The number of nitrogens with one attached hydrogen (secondary N) is 1. The largest absolute Gasteiger partial charge is 0.345 e. The third-order valence-electron chi connectivity index (χ3n) is 4.29. The lowest BCUT2D eigenvalue weighted by Gasteiger charge is -2.35. The summed E-state index contributed by atoms with van der Waals surface area (Å²) in [6.07, 6.45) is 2.75. The van der Waals surface area contributed by atoms with E-state index in [1.165, 1.54) is 0 Å². The van der Waals surface area contributed by atoms with E-state index in [9.17, 15) is 4.79 Å². The molecule has 2 atom stereocenters. The van der Waals surface area contributed by atoms with Crippen molar-refractivity contribution in [1.82, 2.24) is 14.9 Å². The minimum atomic E-state index is 0.134. The molecule has 0 saturated carbocycles. The number of likely N-dealkylation sites (tertiary alicyclic amines) is 1. The molecule has 2 heterocycles. The molecule has 0 radical (unpaired) electrons. The topological polar surface area (TPSA) is 49.0 Å². The SMILES string of the molecule is CC1CCN(C(=O)c2ccc3nc[nH]c3c2)CC1C. The number of carbonyl (C=O) groups is 1. The van der Waals surface area contributed by atoms with Crippen LogP contribution in [-0.2, 0) is 0 Å². The molecule has 0 bridgehead atoms. The molecule has 4 heteroatoms. The second-order valence-corrected chi connectivity index (χ2v) is 5.63. The Morgan fingerprint density at radius 2 is 2.21 bits per heavy atom. The first-order valence-electron chi connectivity index (χ1n) is 6.87. The monoisotopic (exact) mass is 257 g/mol. The van der Waals surface area contributed by atoms with Crippen LogP contribution in [0.15, 0.2) is 24.5 Å². The van der Waals surface area contributed by atoms with Gasteiger partial charge < -0.3 is 9.88 Å². The van der Waals surface area contributed by atoms with E-state index in [1.807, 2.05) is 23.1 Å². The van der Waals surface area contributed by atoms with Crippen LogP contribution in [0.5, 0.6) is 0 Å². The Bertz CT molecular complexity index is 604. The average molecular weight is 257 g/mol. The van der Waals surface area contributed by atoms with Crippen molar-refractivity contribution in [3.63, 3.8) is 0 Å². The summed E-state index contributed by atoms with van der Waals surface area (Å²) < 4.78 is 0. The molecule has 0 aliphatic carbocycles. The number of rotatable bonds is 1. The van der Waals surface area contributed by atoms with Gasteiger partial charge in [0.15, 0.2) is 0 Å². The van der Waals surface area contributed by atoms with E-state index in [1.54, 1.807) is 6.33 Å². The summed E-state index contributed by atoms with van der Waals surface area (Å²) in [5, 5.41) is 0. The smallest absolute Gasteiger partial charge is 0.253 e. The zero-order valence-corrected chi connectivity index (χ0v) is 11.4. The number of piperidine rings is 1. The van der Waals surface area contributed by atoms with Gasteiger partial charge in [-0.15, -0.1) is 0 Å². The molecule has 19 heavy (non-hydrogen) atoms. The van der Waals surface area contributed by atoms with Gasteiger partial charge in [0.1, 0.15) is 0 Å². The van der Waals surface area contributed by atoms with E-state index < -0.39 is 0 Å². The highest BCUT2D eigenvalue weighted by atomic mass is 16.2. The lowest BCUT2D eigenvalue weighted by Crippen LogP contribution is -2.42. The number of fused-ring (bicyclic) bond motifs is 1. The summed E-state index contributed by atoms with van der Waals surface area (Å²) in [7, 11) is 0. The highest BCUT2D eigenvalue weighted by Crippen LogP contribution is 2.24. The normalized spacial score (nSPS) is 23.8. The van der Waals surface area contributed by atoms with Gasteiger partial charge in [0.25, 0.3) is 5.91 Å². The maximum Gasteiger partial charge on any atom is 0.253 e. The number of aromatic nitrogens is 2. The number of carbonyl (C=O) groups excluding carboxylic acids is 1. The molecule has 100 valence electrons. The van der Waals surface area contributed by atoms with Gasteiger partial charge in [0.2, 0.25) is 0 Å². The Labute approximate surface area is 112 Å². The van der Waals surface area contributed by atoms with Gasteiger partial charge in [0, 0.05) is 18.7 Å². The molecular weight excluding hydrogens is 238 g/mol. The van der Waals surface area contributed by atoms with Crippen LogP contribution in [0.4, 0.5) is 0 Å². The number of amides is 1. The van der Waals surface area contributed by atoms with Crippen molar-refractivity contribution in [2.75, 3.05) is 13.1 Å². The van der Waals surface area contributed by atoms with Gasteiger partial charge in [-0.1, -0.05) is 13.8 Å². The standard InChI is InChI=1S/C15H19N3O/c1-10-5-6-18(8-11(10)2)15(19)12-3-4-13-14(7-12)17-9-16-13/h3-4,7,9-11H,5-6,8H2,1-2H3,(H,16,17). The van der Waals surface area contributed by atoms with Crippen LogP contribution in [0, 0.1) is 11.8 Å². The predicted molar refractivity (Wildman–Crippen MR) is 74.9 cm³/mol. The summed E-state index contributed by atoms with van der Waals surface area (Å²) in [6, 6.07) is 5.66. The molecule has 1 amide bonds. The zero-order chi connectivity index (χ0) is 13.4. The third kappa shape index (κ3) is 2.23. The van der Waals surface area contributed by atoms with Crippen LogP contribution in [0.2, 0.25) is 0 Å². The Morgan fingerprint density at radius 1 is 1.37 bits per heavy atom. The summed E-state index contributed by atoms with van der Waals surface area (Å²) in [5.74, 6) is 1.42. The fraction of sp³-hybridized carbons (Fsp3) is 0.467. The molecule has 4 nitrogen and oxygen atoms in total. The lowest BCUT2D eigenvalue weighted by atomic mass is 9.88. The minimum Gasteiger partial charge on any atom is -0.345 e. The molecule has 1 N–H and O–H groups in total. The van der Waals surface area contributed by atoms with Crippen LogP contribution >= 0.6 is 0 Å². The van der Waals surface area contributed by atoms with E-state index in [0.717, 1.165) is 36.1 Å². The Kier molecular flexibility index (Phi) is 3.01. The van der Waals surface area contributed by atoms with E-state index in [-0.39, 0.29) is 5.91 Å². The van der Waals surface area contributed by atoms with E-state index >= 15 is 0 Å². The molecule has 1 saturated heterocycles. The highest BCUT2D eigenvalue weighted by molar-refractivity contribution is 5.97. The first kappa shape index (κ1) is 12.2. The molecular formula is C15H19N3O. The highest BCUT2D eigenvalue weighted by Gasteiger charge is 2.26. The molecule has 1 aromatic carbocycles. The van der Waals surface area contributed by atoms with E-state index in [4.69, 9.17) is 0 Å². The quantitative estimate of drug-likeness (QED) is 0.854. The summed E-state index contributed by atoms with van der Waals surface area (Å²) in [4.78, 5) is 21.7. The number of aromatic amines is 1. The molecule has 2 aromatic rings. The fourth-order valence-electron chi connectivity index (χ4n) is 2.70. The van der Waals surface area contributed by atoms with Gasteiger partial charge in [-0.05, 0) is 36.5 Å². The van der Waals surface area contributed by atoms with Crippen LogP contribution in [0.25, 0.3) is 11.0 Å². The van der Waals surface area contributed by atoms with Crippen LogP contribution < -0.4 is 0 Å². The summed E-state index contributed by atoms with van der Waals surface area (Å²) in [6.45, 7) is 6.22. The maximum absolute atomic E-state index is 12.5. The first-order valence-corrected chi connectivity index (χ1v) is 6.87. The van der Waals surface area contributed by atoms with Crippen LogP contribution in [0.1, 0.15) is 30.6 Å². The Morgan fingerprint density at radius 3 is 3.00 bits per heavy atom.